The molecule has 0 spiro atoms. The number of carbonyl (C=O) groups is 3. The first kappa shape index (κ1) is 20.9. The topological polar surface area (TPSA) is 78.9 Å². The molecule has 126 valence electrons. The number of rotatable bonds is 7. The zero-order chi connectivity index (χ0) is 17.7. The maximum absolute atomic E-state index is 12.0. The van der Waals surface area contributed by atoms with Gasteiger partial charge in [-0.25, -0.2) is 0 Å². The molecule has 0 radical (unpaired) electrons. The molecule has 0 bridgehead atoms. The van der Waals surface area contributed by atoms with Crippen LogP contribution in [0.1, 0.15) is 48.5 Å². The molecule has 0 atom stereocenters. The molecule has 0 aliphatic rings. The Balaban J connectivity index is 5.64. The zero-order valence-electron chi connectivity index (χ0n) is 14.4. The molecule has 6 nitrogen and oxygen atoms in total. The van der Waals surface area contributed by atoms with Crippen LogP contribution in [0.2, 0.25) is 0 Å². The van der Waals surface area contributed by atoms with Gasteiger partial charge < -0.3 is 0 Å². The molecule has 0 N–H and O–H groups in total. The fraction of sp³-hybridized carbons (Fsp3) is 0.667. The molecule has 0 aromatic heterocycles. The second-order valence-electron chi connectivity index (χ2n) is 6.06. The molecule has 0 saturated heterocycles. The van der Waals surface area contributed by atoms with E-state index in [-0.39, 0.29) is 0 Å². The van der Waals surface area contributed by atoms with Gasteiger partial charge in [-0.1, -0.05) is 0 Å². The Bertz CT molecular complexity index is 398. The van der Waals surface area contributed by atoms with E-state index in [1.54, 1.807) is 48.5 Å². The van der Waals surface area contributed by atoms with E-state index in [1.165, 1.54) is 0 Å². The summed E-state index contributed by atoms with van der Waals surface area (Å²) in [6.07, 6.45) is 0. The first-order valence-electron chi connectivity index (χ1n) is 7.27. The number of allylic oxidation sites excluding steroid dienone is 1. The standard InChI is InChI=1S/3C4H8O2.C3H5.Sn/c3*1-3(2)4(5)6;1-3-2;/h3*3H,1-2H3,(H,5,6);1H2,2H3;/q;;;;+3/p-3. The van der Waals surface area contributed by atoms with E-state index in [9.17, 15) is 14.4 Å². The quantitative estimate of drug-likeness (QED) is 0.589. The van der Waals surface area contributed by atoms with E-state index >= 15 is 0 Å². The summed E-state index contributed by atoms with van der Waals surface area (Å²) in [5, 5.41) is 0. The van der Waals surface area contributed by atoms with Crippen LogP contribution in [0.4, 0.5) is 0 Å². The third-order valence-electron chi connectivity index (χ3n) is 2.64. The molecule has 0 rings (SSSR count). The van der Waals surface area contributed by atoms with Crippen LogP contribution >= 0.6 is 0 Å². The third-order valence-corrected chi connectivity index (χ3v) is 9.65. The van der Waals surface area contributed by atoms with Crippen molar-refractivity contribution in [3.63, 3.8) is 0 Å². The van der Waals surface area contributed by atoms with Crippen LogP contribution in [0.25, 0.3) is 0 Å². The van der Waals surface area contributed by atoms with E-state index in [0.29, 0.717) is 3.59 Å². The van der Waals surface area contributed by atoms with E-state index in [1.807, 2.05) is 0 Å². The van der Waals surface area contributed by atoms with Crippen molar-refractivity contribution in [3.05, 3.63) is 10.2 Å². The number of hydrogen-bond acceptors (Lipinski definition) is 6. The molecular formula is C15H26O6Sn. The molecule has 0 aromatic rings. The Morgan fingerprint density at radius 1 is 0.727 bits per heavy atom. The van der Waals surface area contributed by atoms with Gasteiger partial charge >= 0.3 is 138 Å². The van der Waals surface area contributed by atoms with E-state index < -0.39 is 55.3 Å². The van der Waals surface area contributed by atoms with Gasteiger partial charge in [0.25, 0.3) is 0 Å². The zero-order valence-corrected chi connectivity index (χ0v) is 17.2. The van der Waals surface area contributed by atoms with E-state index in [2.05, 4.69) is 6.58 Å². The first-order valence-corrected chi connectivity index (χ1v) is 12.2. The van der Waals surface area contributed by atoms with Crippen LogP contribution in [0.15, 0.2) is 10.2 Å². The molecule has 0 aromatic carbocycles. The van der Waals surface area contributed by atoms with Crippen LogP contribution in [0.3, 0.4) is 0 Å². The Kier molecular flexibility index (Phi) is 8.14. The van der Waals surface area contributed by atoms with Crippen LogP contribution in [0.5, 0.6) is 0 Å². The molecule has 0 aliphatic carbocycles. The summed E-state index contributed by atoms with van der Waals surface area (Å²) in [7, 11) is 0. The summed E-state index contributed by atoms with van der Waals surface area (Å²) in [4.78, 5) is 35.9. The van der Waals surface area contributed by atoms with Gasteiger partial charge in [0.2, 0.25) is 0 Å². The molecule has 0 aliphatic heterocycles. The van der Waals surface area contributed by atoms with Crippen LogP contribution < -0.4 is 0 Å². The summed E-state index contributed by atoms with van der Waals surface area (Å²) in [6.45, 7) is 15.1. The molecule has 0 fully saturated rings. The van der Waals surface area contributed by atoms with Gasteiger partial charge in [-0.15, -0.1) is 0 Å². The van der Waals surface area contributed by atoms with E-state index in [4.69, 9.17) is 9.22 Å². The molecule has 0 unspecified atom stereocenters. The van der Waals surface area contributed by atoms with Crippen molar-refractivity contribution in [2.24, 2.45) is 17.8 Å². The fourth-order valence-electron chi connectivity index (χ4n) is 1.07. The molecule has 0 saturated carbocycles. The molecule has 7 heteroatoms. The van der Waals surface area contributed by atoms with Gasteiger partial charge in [0.15, 0.2) is 0 Å². The SMILES string of the molecule is C=[C](C)[Sn]([O]C(=O)C(C)C)([O]C(=O)C(C)C)[O]C(=O)C(C)C. The number of hydrogen-bond donors (Lipinski definition) is 0. The van der Waals surface area contributed by atoms with Gasteiger partial charge in [-0.2, -0.15) is 0 Å². The Morgan fingerprint density at radius 3 is 1.09 bits per heavy atom. The van der Waals surface area contributed by atoms with Crippen molar-refractivity contribution >= 4 is 37.5 Å². The minimum atomic E-state index is -4.90. The van der Waals surface area contributed by atoms with Gasteiger partial charge in [0, 0.05) is 0 Å². The van der Waals surface area contributed by atoms with Crippen LogP contribution in [-0.2, 0) is 23.6 Å². The Hall–Kier alpha value is -1.05. The maximum atomic E-state index is 12.0. The second-order valence-corrected chi connectivity index (χ2v) is 13.4. The monoisotopic (exact) mass is 422 g/mol. The first-order chi connectivity index (χ1) is 9.92. The van der Waals surface area contributed by atoms with Gasteiger partial charge in [0.05, 0.1) is 0 Å². The van der Waals surface area contributed by atoms with Crippen molar-refractivity contribution in [3.8, 4) is 0 Å². The summed E-state index contributed by atoms with van der Waals surface area (Å²) in [6, 6.07) is 0. The number of carbonyl (C=O) groups excluding carboxylic acids is 3. The predicted molar refractivity (Wildman–Crippen MR) is 83.4 cm³/mol. The Labute approximate surface area is 137 Å². The predicted octanol–water partition coefficient (Wildman–Crippen LogP) is 2.64. The molecule has 0 heterocycles. The summed E-state index contributed by atoms with van der Waals surface area (Å²) >= 11 is -4.90. The van der Waals surface area contributed by atoms with Crippen LogP contribution in [-0.4, -0.2) is 37.5 Å². The van der Waals surface area contributed by atoms with Crippen molar-refractivity contribution < 1.29 is 23.6 Å². The van der Waals surface area contributed by atoms with Crippen molar-refractivity contribution in [1.29, 1.82) is 0 Å². The minimum absolute atomic E-state index is 0.298. The molecule has 0 amide bonds. The van der Waals surface area contributed by atoms with Crippen molar-refractivity contribution in [1.82, 2.24) is 0 Å². The third kappa shape index (κ3) is 5.98. The average Bonchev–Trinajstić information content (AvgIpc) is 2.37. The van der Waals surface area contributed by atoms with Gasteiger partial charge in [0.1, 0.15) is 0 Å². The summed E-state index contributed by atoms with van der Waals surface area (Å²) in [5.41, 5.74) is 0. The van der Waals surface area contributed by atoms with Gasteiger partial charge in [-0.3, -0.25) is 0 Å². The molecule has 22 heavy (non-hydrogen) atoms. The van der Waals surface area contributed by atoms with Crippen molar-refractivity contribution in [2.75, 3.05) is 0 Å². The fourth-order valence-corrected chi connectivity index (χ4v) is 7.21. The van der Waals surface area contributed by atoms with Gasteiger partial charge in [-0.05, 0) is 0 Å². The Morgan fingerprint density at radius 2 is 0.955 bits per heavy atom. The van der Waals surface area contributed by atoms with Crippen molar-refractivity contribution in [2.45, 2.75) is 48.5 Å². The summed E-state index contributed by atoms with van der Waals surface area (Å²) in [5.74, 6) is -3.05. The normalized spacial score (nSPS) is 11.5. The second kappa shape index (κ2) is 8.55. The summed E-state index contributed by atoms with van der Waals surface area (Å²) < 4.78 is 16.5. The van der Waals surface area contributed by atoms with E-state index in [0.717, 1.165) is 0 Å². The molecular weight excluding hydrogens is 395 g/mol. The van der Waals surface area contributed by atoms with Crippen LogP contribution in [0, 0.1) is 17.8 Å². The average molecular weight is 421 g/mol.